The van der Waals surface area contributed by atoms with Crippen molar-refractivity contribution in [2.75, 3.05) is 25.6 Å². The fourth-order valence-electron chi connectivity index (χ4n) is 1.84. The summed E-state index contributed by atoms with van der Waals surface area (Å²) >= 11 is 1.17. The number of aryl methyl sites for hydroxylation is 1. The molecule has 7 nitrogen and oxygen atoms in total. The van der Waals surface area contributed by atoms with E-state index in [9.17, 15) is 4.79 Å². The quantitative estimate of drug-likeness (QED) is 0.759. The Morgan fingerprint density at radius 1 is 1.53 bits per heavy atom. The summed E-state index contributed by atoms with van der Waals surface area (Å²) in [5, 5.41) is 17.5. The van der Waals surface area contributed by atoms with Gasteiger partial charge in [0.2, 0.25) is 0 Å². The zero-order chi connectivity index (χ0) is 13.7. The number of carboxylic acid groups (broad SMARTS) is 1. The van der Waals surface area contributed by atoms with Gasteiger partial charge < -0.3 is 19.1 Å². The highest BCUT2D eigenvalue weighted by atomic mass is 32.2. The Kier molecular flexibility index (Phi) is 5.17. The molecule has 1 aromatic rings. The third-order valence-corrected chi connectivity index (χ3v) is 3.66. The summed E-state index contributed by atoms with van der Waals surface area (Å²) in [5.74, 6) is -0.0546. The summed E-state index contributed by atoms with van der Waals surface area (Å²) in [7, 11) is 0. The first-order valence-corrected chi connectivity index (χ1v) is 7.15. The molecule has 0 aromatic carbocycles. The number of ether oxygens (including phenoxy) is 2. The lowest BCUT2D eigenvalue weighted by Crippen LogP contribution is -2.33. The van der Waals surface area contributed by atoms with E-state index in [1.807, 2.05) is 11.5 Å². The third kappa shape index (κ3) is 3.92. The standard InChI is InChI=1S/C11H17N3O4S/c1-2-9-12-13-11(19-7-10(15)16)14(9)5-8-6-17-3-4-18-8/h8H,2-7H2,1H3,(H,15,16). The molecule has 106 valence electrons. The van der Waals surface area contributed by atoms with Crippen molar-refractivity contribution in [3.63, 3.8) is 0 Å². The minimum atomic E-state index is -0.866. The molecule has 1 fully saturated rings. The number of aliphatic carboxylic acids is 1. The smallest absolute Gasteiger partial charge is 0.313 e. The number of carboxylic acids is 1. The predicted molar refractivity (Wildman–Crippen MR) is 68.3 cm³/mol. The van der Waals surface area contributed by atoms with Gasteiger partial charge in [-0.25, -0.2) is 0 Å². The molecule has 1 aromatic heterocycles. The summed E-state index contributed by atoms with van der Waals surface area (Å²) in [6, 6.07) is 0. The lowest BCUT2D eigenvalue weighted by atomic mass is 10.3. The average molecular weight is 287 g/mol. The van der Waals surface area contributed by atoms with Crippen molar-refractivity contribution in [3.8, 4) is 0 Å². The van der Waals surface area contributed by atoms with Gasteiger partial charge in [-0.2, -0.15) is 0 Å². The van der Waals surface area contributed by atoms with Crippen LogP contribution in [0.4, 0.5) is 0 Å². The van der Waals surface area contributed by atoms with Gasteiger partial charge in [0, 0.05) is 6.42 Å². The highest BCUT2D eigenvalue weighted by molar-refractivity contribution is 7.99. The highest BCUT2D eigenvalue weighted by Crippen LogP contribution is 2.19. The van der Waals surface area contributed by atoms with Crippen LogP contribution in [-0.4, -0.2) is 57.5 Å². The van der Waals surface area contributed by atoms with Crippen molar-refractivity contribution in [1.29, 1.82) is 0 Å². The molecule has 1 aliphatic heterocycles. The molecule has 0 spiro atoms. The predicted octanol–water partition coefficient (Wildman–Crippen LogP) is 0.433. The van der Waals surface area contributed by atoms with E-state index in [0.29, 0.717) is 31.5 Å². The first-order chi connectivity index (χ1) is 9.20. The van der Waals surface area contributed by atoms with E-state index in [2.05, 4.69) is 10.2 Å². The van der Waals surface area contributed by atoms with Gasteiger partial charge in [-0.05, 0) is 0 Å². The molecular formula is C11H17N3O4S. The summed E-state index contributed by atoms with van der Waals surface area (Å²) in [4.78, 5) is 10.6. The van der Waals surface area contributed by atoms with Crippen molar-refractivity contribution in [2.24, 2.45) is 0 Å². The molecule has 1 saturated heterocycles. The van der Waals surface area contributed by atoms with E-state index in [4.69, 9.17) is 14.6 Å². The number of aromatic nitrogens is 3. The Balaban J connectivity index is 2.06. The largest absolute Gasteiger partial charge is 0.481 e. The topological polar surface area (TPSA) is 86.5 Å². The molecule has 1 unspecified atom stereocenters. The van der Waals surface area contributed by atoms with E-state index in [-0.39, 0.29) is 11.9 Å². The van der Waals surface area contributed by atoms with Crippen LogP contribution < -0.4 is 0 Å². The first kappa shape index (κ1) is 14.3. The van der Waals surface area contributed by atoms with Crippen LogP contribution in [0.5, 0.6) is 0 Å². The number of rotatable bonds is 6. The average Bonchev–Trinajstić information content (AvgIpc) is 2.80. The number of hydrogen-bond acceptors (Lipinski definition) is 6. The summed E-state index contributed by atoms with van der Waals surface area (Å²) in [5.41, 5.74) is 0. The second-order valence-electron chi connectivity index (χ2n) is 4.11. The summed E-state index contributed by atoms with van der Waals surface area (Å²) in [6.07, 6.45) is 0.716. The highest BCUT2D eigenvalue weighted by Gasteiger charge is 2.20. The molecule has 8 heteroatoms. The van der Waals surface area contributed by atoms with Crippen molar-refractivity contribution >= 4 is 17.7 Å². The normalized spacial score (nSPS) is 19.5. The Morgan fingerprint density at radius 3 is 3.00 bits per heavy atom. The zero-order valence-electron chi connectivity index (χ0n) is 10.7. The third-order valence-electron chi connectivity index (χ3n) is 2.71. The van der Waals surface area contributed by atoms with Gasteiger partial charge in [0.25, 0.3) is 0 Å². The number of hydrogen-bond donors (Lipinski definition) is 1. The van der Waals surface area contributed by atoms with Gasteiger partial charge in [0.15, 0.2) is 5.16 Å². The number of carbonyl (C=O) groups is 1. The zero-order valence-corrected chi connectivity index (χ0v) is 11.6. The second kappa shape index (κ2) is 6.88. The maximum Gasteiger partial charge on any atom is 0.313 e. The number of nitrogens with zero attached hydrogens (tertiary/aromatic N) is 3. The van der Waals surface area contributed by atoms with Crippen LogP contribution >= 0.6 is 11.8 Å². The Hall–Kier alpha value is -1.12. The lowest BCUT2D eigenvalue weighted by Gasteiger charge is -2.24. The van der Waals surface area contributed by atoms with Gasteiger partial charge in [-0.3, -0.25) is 4.79 Å². The fourth-order valence-corrected chi connectivity index (χ4v) is 2.53. The van der Waals surface area contributed by atoms with Crippen molar-refractivity contribution in [1.82, 2.24) is 14.8 Å². The van der Waals surface area contributed by atoms with E-state index < -0.39 is 5.97 Å². The van der Waals surface area contributed by atoms with Crippen LogP contribution in [0.15, 0.2) is 5.16 Å². The number of thioether (sulfide) groups is 1. The van der Waals surface area contributed by atoms with Gasteiger partial charge in [-0.1, -0.05) is 18.7 Å². The molecule has 0 radical (unpaired) electrons. The molecule has 1 atom stereocenters. The van der Waals surface area contributed by atoms with Crippen molar-refractivity contribution < 1.29 is 19.4 Å². The first-order valence-electron chi connectivity index (χ1n) is 6.16. The minimum absolute atomic E-state index is 0.0239. The molecule has 0 aliphatic carbocycles. The van der Waals surface area contributed by atoms with Crippen molar-refractivity contribution in [2.45, 2.75) is 31.1 Å². The molecule has 1 aliphatic rings. The van der Waals surface area contributed by atoms with Crippen LogP contribution in [0.25, 0.3) is 0 Å². The van der Waals surface area contributed by atoms with Gasteiger partial charge >= 0.3 is 5.97 Å². The van der Waals surface area contributed by atoms with Crippen LogP contribution in [0.3, 0.4) is 0 Å². The van der Waals surface area contributed by atoms with Gasteiger partial charge in [-0.15, -0.1) is 10.2 Å². The van der Waals surface area contributed by atoms with E-state index in [0.717, 1.165) is 12.2 Å². The van der Waals surface area contributed by atoms with Crippen LogP contribution in [-0.2, 0) is 27.2 Å². The van der Waals surface area contributed by atoms with Crippen LogP contribution in [0, 0.1) is 0 Å². The fraction of sp³-hybridized carbons (Fsp3) is 0.727. The monoisotopic (exact) mass is 287 g/mol. The van der Waals surface area contributed by atoms with Crippen molar-refractivity contribution in [3.05, 3.63) is 5.82 Å². The molecule has 2 rings (SSSR count). The van der Waals surface area contributed by atoms with Crippen LogP contribution in [0.2, 0.25) is 0 Å². The maximum absolute atomic E-state index is 10.6. The second-order valence-corrected chi connectivity index (χ2v) is 5.06. The summed E-state index contributed by atoms with van der Waals surface area (Å²) < 4.78 is 12.9. The Morgan fingerprint density at radius 2 is 2.37 bits per heavy atom. The molecule has 19 heavy (non-hydrogen) atoms. The minimum Gasteiger partial charge on any atom is -0.481 e. The molecule has 0 saturated carbocycles. The van der Waals surface area contributed by atoms with E-state index in [1.54, 1.807) is 0 Å². The molecule has 1 N–H and O–H groups in total. The Labute approximate surface area is 115 Å². The molecule has 0 amide bonds. The SMILES string of the molecule is CCc1nnc(SCC(=O)O)n1CC1COCCO1. The van der Waals surface area contributed by atoms with Crippen LogP contribution in [0.1, 0.15) is 12.7 Å². The van der Waals surface area contributed by atoms with Gasteiger partial charge in [0.05, 0.1) is 38.2 Å². The molecular weight excluding hydrogens is 270 g/mol. The lowest BCUT2D eigenvalue weighted by molar-refractivity contribution is -0.133. The van der Waals surface area contributed by atoms with E-state index in [1.165, 1.54) is 11.8 Å². The molecule has 2 heterocycles. The van der Waals surface area contributed by atoms with E-state index >= 15 is 0 Å². The van der Waals surface area contributed by atoms with Gasteiger partial charge in [0.1, 0.15) is 5.82 Å². The maximum atomic E-state index is 10.6. The summed E-state index contributed by atoms with van der Waals surface area (Å²) in [6.45, 7) is 4.35. The Bertz CT molecular complexity index is 432. The molecule has 0 bridgehead atoms.